The van der Waals surface area contributed by atoms with Crippen molar-refractivity contribution in [2.75, 3.05) is 25.0 Å². The smallest absolute Gasteiger partial charge is 0.191 e. The van der Waals surface area contributed by atoms with Crippen LogP contribution in [-0.4, -0.2) is 41.7 Å². The van der Waals surface area contributed by atoms with Gasteiger partial charge >= 0.3 is 0 Å². The second kappa shape index (κ2) is 8.05. The lowest BCUT2D eigenvalue weighted by Crippen LogP contribution is -2.48. The number of pyridine rings is 1. The average molecular weight is 340 g/mol. The van der Waals surface area contributed by atoms with Gasteiger partial charge in [0.25, 0.3) is 0 Å². The highest BCUT2D eigenvalue weighted by atomic mass is 15.2. The van der Waals surface area contributed by atoms with Crippen molar-refractivity contribution in [1.82, 2.24) is 20.2 Å². The summed E-state index contributed by atoms with van der Waals surface area (Å²) in [6, 6.07) is 8.86. The highest BCUT2D eigenvalue weighted by molar-refractivity contribution is 5.79. The second-order valence-electron chi connectivity index (χ2n) is 6.64. The van der Waals surface area contributed by atoms with E-state index in [0.717, 1.165) is 44.3 Å². The number of guanidine groups is 1. The molecule has 2 aromatic rings. The molecule has 1 aliphatic heterocycles. The highest BCUT2D eigenvalue weighted by Gasteiger charge is 2.20. The van der Waals surface area contributed by atoms with Crippen LogP contribution in [0.1, 0.15) is 24.1 Å². The van der Waals surface area contributed by atoms with Gasteiger partial charge in [-0.2, -0.15) is 0 Å². The van der Waals surface area contributed by atoms with Gasteiger partial charge < -0.3 is 20.1 Å². The molecule has 134 valence electrons. The first-order chi connectivity index (χ1) is 12.2. The zero-order valence-electron chi connectivity index (χ0n) is 15.4. The van der Waals surface area contributed by atoms with E-state index in [1.165, 1.54) is 11.3 Å². The van der Waals surface area contributed by atoms with E-state index in [1.54, 1.807) is 0 Å². The normalized spacial score (nSPS) is 16.1. The Bertz CT molecular complexity index is 695. The van der Waals surface area contributed by atoms with E-state index < -0.39 is 0 Å². The van der Waals surface area contributed by atoms with E-state index in [9.17, 15) is 0 Å². The summed E-state index contributed by atoms with van der Waals surface area (Å²) in [7, 11) is 3.88. The minimum atomic E-state index is 0.446. The van der Waals surface area contributed by atoms with Gasteiger partial charge in [0.1, 0.15) is 5.82 Å². The van der Waals surface area contributed by atoms with Gasteiger partial charge in [0, 0.05) is 51.3 Å². The van der Waals surface area contributed by atoms with Crippen molar-refractivity contribution < 1.29 is 0 Å². The Hall–Kier alpha value is -2.50. The third kappa shape index (κ3) is 4.53. The summed E-state index contributed by atoms with van der Waals surface area (Å²) in [5, 5.41) is 6.95. The number of nitrogens with zero attached hydrogens (tertiary/aromatic N) is 4. The molecule has 1 saturated heterocycles. The summed E-state index contributed by atoms with van der Waals surface area (Å²) in [6.07, 6.45) is 6.16. The van der Waals surface area contributed by atoms with Crippen LogP contribution in [0.4, 0.5) is 5.82 Å². The van der Waals surface area contributed by atoms with E-state index >= 15 is 0 Å². The molecule has 3 rings (SSSR count). The van der Waals surface area contributed by atoms with Crippen LogP contribution in [0.15, 0.2) is 41.7 Å². The molecule has 0 aromatic carbocycles. The van der Waals surface area contributed by atoms with Crippen LogP contribution < -0.4 is 15.5 Å². The minimum Gasteiger partial charge on any atom is -0.356 e. The molecule has 0 unspecified atom stereocenters. The Kier molecular flexibility index (Phi) is 5.58. The summed E-state index contributed by atoms with van der Waals surface area (Å²) in [4.78, 5) is 11.3. The maximum absolute atomic E-state index is 4.54. The number of anilines is 1. The van der Waals surface area contributed by atoms with Crippen molar-refractivity contribution in [1.29, 1.82) is 0 Å². The van der Waals surface area contributed by atoms with Crippen molar-refractivity contribution in [3.05, 3.63) is 47.9 Å². The van der Waals surface area contributed by atoms with Crippen molar-refractivity contribution in [3.8, 4) is 0 Å². The number of piperidine rings is 1. The van der Waals surface area contributed by atoms with Crippen LogP contribution >= 0.6 is 0 Å². The number of hydrogen-bond acceptors (Lipinski definition) is 3. The lowest BCUT2D eigenvalue weighted by molar-refractivity contribution is 0.459. The molecule has 3 heterocycles. The number of hydrogen-bond donors (Lipinski definition) is 2. The Morgan fingerprint density at radius 3 is 2.68 bits per heavy atom. The molecule has 2 aromatic heterocycles. The Morgan fingerprint density at radius 2 is 2.08 bits per heavy atom. The molecule has 0 saturated carbocycles. The first kappa shape index (κ1) is 17.3. The predicted molar refractivity (Wildman–Crippen MR) is 103 cm³/mol. The Morgan fingerprint density at radius 1 is 1.28 bits per heavy atom. The van der Waals surface area contributed by atoms with Gasteiger partial charge in [-0.1, -0.05) is 6.07 Å². The van der Waals surface area contributed by atoms with E-state index in [0.29, 0.717) is 6.04 Å². The Balaban J connectivity index is 1.47. The number of aryl methyl sites for hydroxylation is 2. The summed E-state index contributed by atoms with van der Waals surface area (Å²) in [6.45, 7) is 4.88. The predicted octanol–water partition coefficient (Wildman–Crippen LogP) is 2.06. The maximum atomic E-state index is 4.54. The second-order valence-corrected chi connectivity index (χ2v) is 6.64. The number of aliphatic imine (C=N–C) groups is 1. The fraction of sp³-hybridized carbons (Fsp3) is 0.474. The van der Waals surface area contributed by atoms with Crippen molar-refractivity contribution in [2.45, 2.75) is 32.4 Å². The molecular formula is C19H28N6. The van der Waals surface area contributed by atoms with E-state index in [1.807, 2.05) is 13.2 Å². The molecule has 0 aliphatic carbocycles. The molecule has 0 spiro atoms. The van der Waals surface area contributed by atoms with Crippen LogP contribution in [0.2, 0.25) is 0 Å². The number of aromatic nitrogens is 2. The van der Waals surface area contributed by atoms with Gasteiger partial charge in [-0.15, -0.1) is 0 Å². The van der Waals surface area contributed by atoms with Crippen LogP contribution in [0.5, 0.6) is 0 Å². The fourth-order valence-corrected chi connectivity index (χ4v) is 3.14. The fourth-order valence-electron chi connectivity index (χ4n) is 3.14. The summed E-state index contributed by atoms with van der Waals surface area (Å²) >= 11 is 0. The zero-order valence-corrected chi connectivity index (χ0v) is 15.4. The van der Waals surface area contributed by atoms with E-state index in [4.69, 9.17) is 0 Å². The van der Waals surface area contributed by atoms with Crippen LogP contribution in [0.3, 0.4) is 0 Å². The third-order valence-corrected chi connectivity index (χ3v) is 4.77. The van der Waals surface area contributed by atoms with Gasteiger partial charge in [-0.05, 0) is 43.5 Å². The van der Waals surface area contributed by atoms with Gasteiger partial charge in [0.15, 0.2) is 5.96 Å². The standard InChI is InChI=1S/C19H28N6/c1-15-6-7-18(21-13-15)25-11-8-16(9-12-25)23-19(20-2)22-14-17-5-4-10-24(17)3/h4-7,10,13,16H,8-9,11-12,14H2,1-3H3,(H2,20,22,23). The largest absolute Gasteiger partial charge is 0.356 e. The Labute approximate surface area is 150 Å². The molecule has 0 amide bonds. The molecule has 2 N–H and O–H groups in total. The van der Waals surface area contributed by atoms with Crippen molar-refractivity contribution >= 4 is 11.8 Å². The third-order valence-electron chi connectivity index (χ3n) is 4.77. The van der Waals surface area contributed by atoms with Crippen LogP contribution in [0, 0.1) is 6.92 Å². The van der Waals surface area contributed by atoms with E-state index in [-0.39, 0.29) is 0 Å². The van der Waals surface area contributed by atoms with Crippen LogP contribution in [0.25, 0.3) is 0 Å². The lowest BCUT2D eigenvalue weighted by atomic mass is 10.1. The van der Waals surface area contributed by atoms with E-state index in [2.05, 4.69) is 74.5 Å². The first-order valence-corrected chi connectivity index (χ1v) is 8.90. The van der Waals surface area contributed by atoms with Crippen molar-refractivity contribution in [3.63, 3.8) is 0 Å². The summed E-state index contributed by atoms with van der Waals surface area (Å²) < 4.78 is 2.12. The maximum Gasteiger partial charge on any atom is 0.191 e. The molecule has 6 heteroatoms. The molecule has 0 atom stereocenters. The van der Waals surface area contributed by atoms with Gasteiger partial charge in [0.05, 0.1) is 6.54 Å². The average Bonchev–Trinajstić information content (AvgIpc) is 3.05. The SMILES string of the molecule is CN=C(NCc1cccn1C)NC1CCN(c2ccc(C)cn2)CC1. The number of nitrogens with one attached hydrogen (secondary N) is 2. The van der Waals surface area contributed by atoms with Gasteiger partial charge in [0.2, 0.25) is 0 Å². The first-order valence-electron chi connectivity index (χ1n) is 8.90. The molecule has 0 bridgehead atoms. The van der Waals surface area contributed by atoms with Crippen LogP contribution in [-0.2, 0) is 13.6 Å². The van der Waals surface area contributed by atoms with Crippen molar-refractivity contribution in [2.24, 2.45) is 12.0 Å². The number of rotatable bonds is 4. The molecule has 1 aliphatic rings. The summed E-state index contributed by atoms with van der Waals surface area (Å²) in [5.74, 6) is 1.95. The molecule has 0 radical (unpaired) electrons. The summed E-state index contributed by atoms with van der Waals surface area (Å²) in [5.41, 5.74) is 2.44. The van der Waals surface area contributed by atoms with Gasteiger partial charge in [-0.3, -0.25) is 4.99 Å². The molecule has 25 heavy (non-hydrogen) atoms. The molecule has 6 nitrogen and oxygen atoms in total. The van der Waals surface area contributed by atoms with Gasteiger partial charge in [-0.25, -0.2) is 4.98 Å². The highest BCUT2D eigenvalue weighted by Crippen LogP contribution is 2.18. The quantitative estimate of drug-likeness (QED) is 0.661. The zero-order chi connectivity index (χ0) is 17.6. The molecule has 1 fully saturated rings. The molecular weight excluding hydrogens is 312 g/mol. The minimum absolute atomic E-state index is 0.446. The lowest BCUT2D eigenvalue weighted by Gasteiger charge is -2.33. The topological polar surface area (TPSA) is 57.5 Å². The monoisotopic (exact) mass is 340 g/mol.